The van der Waals surface area contributed by atoms with Gasteiger partial charge in [0.25, 0.3) is 15.9 Å². The van der Waals surface area contributed by atoms with Crippen LogP contribution in [0.5, 0.6) is 0 Å². The van der Waals surface area contributed by atoms with E-state index < -0.39 is 10.0 Å². The summed E-state index contributed by atoms with van der Waals surface area (Å²) >= 11 is 5.81. The van der Waals surface area contributed by atoms with Crippen LogP contribution in [0.4, 0.5) is 5.69 Å². The lowest BCUT2D eigenvalue weighted by Gasteiger charge is -2.17. The van der Waals surface area contributed by atoms with E-state index >= 15 is 0 Å². The molecule has 0 aromatic heterocycles. The molecule has 7 heteroatoms. The largest absolute Gasteiger partial charge is 0.337 e. The zero-order chi connectivity index (χ0) is 20.1. The summed E-state index contributed by atoms with van der Waals surface area (Å²) < 4.78 is 27.5. The first-order chi connectivity index (χ1) is 13.3. The molecule has 3 rings (SSSR count). The number of halogens is 1. The first kappa shape index (κ1) is 19.9. The maximum absolute atomic E-state index is 12.6. The van der Waals surface area contributed by atoms with Crippen LogP contribution < -0.4 is 4.72 Å². The van der Waals surface area contributed by atoms with Gasteiger partial charge in [-0.25, -0.2) is 8.42 Å². The fourth-order valence-electron chi connectivity index (χ4n) is 2.66. The van der Waals surface area contributed by atoms with Gasteiger partial charge in [-0.05, 0) is 54.1 Å². The fraction of sp³-hybridized carbons (Fsp3) is 0.0952. The smallest absolute Gasteiger partial charge is 0.261 e. The predicted octanol–water partition coefficient (Wildman–Crippen LogP) is 4.41. The lowest BCUT2D eigenvalue weighted by atomic mass is 10.1. The Hall–Kier alpha value is -2.83. The minimum atomic E-state index is -3.76. The summed E-state index contributed by atoms with van der Waals surface area (Å²) in [5, 5.41) is 0.519. The summed E-state index contributed by atoms with van der Waals surface area (Å²) in [5.74, 6) is -0.182. The average molecular weight is 415 g/mol. The van der Waals surface area contributed by atoms with E-state index in [1.54, 1.807) is 36.2 Å². The Morgan fingerprint density at radius 1 is 0.929 bits per heavy atom. The number of nitrogens with zero attached hydrogens (tertiary/aromatic N) is 1. The molecular weight excluding hydrogens is 396 g/mol. The lowest BCUT2D eigenvalue weighted by Crippen LogP contribution is -2.26. The van der Waals surface area contributed by atoms with Gasteiger partial charge in [0.15, 0.2) is 0 Å². The van der Waals surface area contributed by atoms with Crippen LogP contribution in [0.25, 0.3) is 0 Å². The fourth-order valence-corrected chi connectivity index (χ4v) is 3.84. The number of nitrogens with one attached hydrogen (secondary N) is 1. The summed E-state index contributed by atoms with van der Waals surface area (Å²) in [4.78, 5) is 14.2. The molecule has 0 bridgehead atoms. The summed E-state index contributed by atoms with van der Waals surface area (Å²) in [6.07, 6.45) is 0. The van der Waals surface area contributed by atoms with E-state index in [-0.39, 0.29) is 10.8 Å². The second-order valence-corrected chi connectivity index (χ2v) is 8.40. The van der Waals surface area contributed by atoms with E-state index in [0.29, 0.717) is 22.8 Å². The molecule has 1 N–H and O–H groups in total. The zero-order valence-corrected chi connectivity index (χ0v) is 16.7. The molecule has 0 radical (unpaired) electrons. The molecule has 0 fully saturated rings. The summed E-state index contributed by atoms with van der Waals surface area (Å²) in [6.45, 7) is 0.470. The van der Waals surface area contributed by atoms with Crippen molar-refractivity contribution in [3.8, 4) is 0 Å². The Labute approximate surface area is 169 Å². The van der Waals surface area contributed by atoms with E-state index in [4.69, 9.17) is 11.6 Å². The molecular formula is C21H19ClN2O3S. The van der Waals surface area contributed by atoms with Crippen LogP contribution in [0.3, 0.4) is 0 Å². The number of anilines is 1. The van der Waals surface area contributed by atoms with Crippen LogP contribution in [0.1, 0.15) is 15.9 Å². The Balaban J connectivity index is 1.71. The molecule has 0 saturated heterocycles. The predicted molar refractivity (Wildman–Crippen MR) is 111 cm³/mol. The monoisotopic (exact) mass is 414 g/mol. The number of carbonyl (C=O) groups is 1. The Kier molecular flexibility index (Phi) is 6.02. The van der Waals surface area contributed by atoms with Crippen molar-refractivity contribution in [1.82, 2.24) is 4.90 Å². The normalized spacial score (nSPS) is 11.1. The number of sulfonamides is 1. The van der Waals surface area contributed by atoms with E-state index in [2.05, 4.69) is 4.72 Å². The maximum Gasteiger partial charge on any atom is 0.261 e. The Morgan fingerprint density at radius 2 is 1.54 bits per heavy atom. The van der Waals surface area contributed by atoms with Crippen molar-refractivity contribution in [2.24, 2.45) is 0 Å². The highest BCUT2D eigenvalue weighted by Gasteiger charge is 2.17. The van der Waals surface area contributed by atoms with Crippen molar-refractivity contribution in [1.29, 1.82) is 0 Å². The Bertz CT molecular complexity index is 1050. The highest BCUT2D eigenvalue weighted by Crippen LogP contribution is 2.19. The van der Waals surface area contributed by atoms with Crippen LogP contribution in [0.15, 0.2) is 83.8 Å². The number of amides is 1. The van der Waals surface area contributed by atoms with Crippen LogP contribution in [0.2, 0.25) is 5.02 Å². The third kappa shape index (κ3) is 4.91. The van der Waals surface area contributed by atoms with Crippen LogP contribution in [-0.2, 0) is 16.6 Å². The number of hydrogen-bond acceptors (Lipinski definition) is 3. The molecule has 0 heterocycles. The van der Waals surface area contributed by atoms with Crippen molar-refractivity contribution >= 4 is 33.2 Å². The molecule has 0 aliphatic carbocycles. The molecule has 0 spiro atoms. The van der Waals surface area contributed by atoms with Crippen molar-refractivity contribution in [2.45, 2.75) is 11.4 Å². The van der Waals surface area contributed by atoms with Crippen molar-refractivity contribution in [2.75, 3.05) is 11.8 Å². The van der Waals surface area contributed by atoms with Crippen molar-refractivity contribution < 1.29 is 13.2 Å². The number of rotatable bonds is 6. The van der Waals surface area contributed by atoms with Gasteiger partial charge in [0.2, 0.25) is 0 Å². The van der Waals surface area contributed by atoms with Crippen molar-refractivity contribution in [3.05, 3.63) is 95.0 Å². The number of benzene rings is 3. The third-order valence-electron chi connectivity index (χ3n) is 4.12. The van der Waals surface area contributed by atoms with Gasteiger partial charge < -0.3 is 4.90 Å². The van der Waals surface area contributed by atoms with Gasteiger partial charge in [0, 0.05) is 29.9 Å². The van der Waals surface area contributed by atoms with Gasteiger partial charge in [0.1, 0.15) is 0 Å². The van der Waals surface area contributed by atoms with E-state index in [0.717, 1.165) is 5.56 Å². The van der Waals surface area contributed by atoms with Crippen LogP contribution in [0, 0.1) is 0 Å². The summed E-state index contributed by atoms with van der Waals surface area (Å²) in [5.41, 5.74) is 1.85. The highest BCUT2D eigenvalue weighted by molar-refractivity contribution is 7.92. The summed E-state index contributed by atoms with van der Waals surface area (Å²) in [7, 11) is -2.05. The lowest BCUT2D eigenvalue weighted by molar-refractivity contribution is 0.0785. The molecule has 0 unspecified atom stereocenters. The summed E-state index contributed by atoms with van der Waals surface area (Å²) in [6, 6.07) is 21.9. The second kappa shape index (κ2) is 8.46. The molecule has 0 aliphatic heterocycles. The SMILES string of the molecule is CN(Cc1ccccc1)C(=O)c1ccc(S(=O)(=O)Nc2ccc(Cl)cc2)cc1. The standard InChI is InChI=1S/C21H19ClN2O3S/c1-24(15-16-5-3-2-4-6-16)21(25)17-7-13-20(14-8-17)28(26,27)23-19-11-9-18(22)10-12-19/h2-14,23H,15H2,1H3. The molecule has 28 heavy (non-hydrogen) atoms. The Morgan fingerprint density at radius 3 is 2.14 bits per heavy atom. The van der Waals surface area contributed by atoms with Gasteiger partial charge in [-0.15, -0.1) is 0 Å². The highest BCUT2D eigenvalue weighted by atomic mass is 35.5. The first-order valence-corrected chi connectivity index (χ1v) is 10.4. The van der Waals surface area contributed by atoms with E-state index in [1.165, 1.54) is 24.3 Å². The zero-order valence-electron chi connectivity index (χ0n) is 15.2. The molecule has 3 aromatic rings. The molecule has 1 amide bonds. The molecule has 0 saturated carbocycles. The average Bonchev–Trinajstić information content (AvgIpc) is 2.70. The number of carbonyl (C=O) groups excluding carboxylic acids is 1. The quantitative estimate of drug-likeness (QED) is 0.649. The molecule has 144 valence electrons. The van der Waals surface area contributed by atoms with E-state index in [1.807, 2.05) is 30.3 Å². The van der Waals surface area contributed by atoms with Gasteiger partial charge in [-0.1, -0.05) is 41.9 Å². The van der Waals surface area contributed by atoms with Gasteiger partial charge in [-0.2, -0.15) is 0 Å². The van der Waals surface area contributed by atoms with Crippen LogP contribution >= 0.6 is 11.6 Å². The molecule has 5 nitrogen and oxygen atoms in total. The minimum absolute atomic E-state index is 0.0738. The third-order valence-corrected chi connectivity index (χ3v) is 5.77. The molecule has 0 aliphatic rings. The van der Waals surface area contributed by atoms with Gasteiger partial charge in [-0.3, -0.25) is 9.52 Å². The first-order valence-electron chi connectivity index (χ1n) is 8.53. The molecule has 0 atom stereocenters. The van der Waals surface area contributed by atoms with Crippen LogP contribution in [-0.4, -0.2) is 26.3 Å². The topological polar surface area (TPSA) is 66.5 Å². The second-order valence-electron chi connectivity index (χ2n) is 6.28. The van der Waals surface area contributed by atoms with Gasteiger partial charge >= 0.3 is 0 Å². The molecule has 3 aromatic carbocycles. The van der Waals surface area contributed by atoms with Gasteiger partial charge in [0.05, 0.1) is 4.90 Å². The van der Waals surface area contributed by atoms with Crippen molar-refractivity contribution in [3.63, 3.8) is 0 Å². The maximum atomic E-state index is 12.6. The van der Waals surface area contributed by atoms with E-state index in [9.17, 15) is 13.2 Å². The number of hydrogen-bond donors (Lipinski definition) is 1. The minimum Gasteiger partial charge on any atom is -0.337 e.